The van der Waals surface area contributed by atoms with Crippen molar-refractivity contribution in [1.29, 1.82) is 0 Å². The van der Waals surface area contributed by atoms with E-state index in [0.29, 0.717) is 22.8 Å². The van der Waals surface area contributed by atoms with Gasteiger partial charge < -0.3 is 14.2 Å². The summed E-state index contributed by atoms with van der Waals surface area (Å²) in [5.74, 6) is 0. The Kier molecular flexibility index (Phi) is 8.56. The maximum atomic E-state index is 5.42. The van der Waals surface area contributed by atoms with Gasteiger partial charge in [0.1, 0.15) is 6.10 Å². The first-order valence-electron chi connectivity index (χ1n) is 4.45. The number of methoxy groups -OCH3 is 2. The molecule has 0 N–H and O–H groups in total. The van der Waals surface area contributed by atoms with Gasteiger partial charge in [-0.1, -0.05) is 18.7 Å². The van der Waals surface area contributed by atoms with Crippen molar-refractivity contribution in [3.8, 4) is 0 Å². The van der Waals surface area contributed by atoms with E-state index in [2.05, 4.69) is 0 Å². The Hall–Kier alpha value is 0.160. The molecule has 0 heterocycles. The van der Waals surface area contributed by atoms with Crippen LogP contribution in [-0.2, 0) is 14.2 Å². The third kappa shape index (κ3) is 7.55. The molecule has 0 amide bonds. The molecule has 0 bridgehead atoms. The van der Waals surface area contributed by atoms with Crippen LogP contribution in [0.15, 0.2) is 0 Å². The minimum Gasteiger partial charge on any atom is -0.473 e. The summed E-state index contributed by atoms with van der Waals surface area (Å²) in [6.07, 6.45) is 0.00902. The molecule has 3 nitrogen and oxygen atoms in total. The van der Waals surface area contributed by atoms with E-state index in [0.717, 1.165) is 0 Å². The Morgan fingerprint density at radius 2 is 1.79 bits per heavy atom. The van der Waals surface area contributed by atoms with Crippen LogP contribution in [0.4, 0.5) is 0 Å². The topological polar surface area (TPSA) is 27.7 Å². The van der Waals surface area contributed by atoms with E-state index in [1.165, 1.54) is 11.8 Å². The number of rotatable bonds is 6. The molecule has 2 atom stereocenters. The molecule has 84 valence electrons. The minimum atomic E-state index is 0.00902. The van der Waals surface area contributed by atoms with Crippen LogP contribution in [0, 0.1) is 0 Å². The van der Waals surface area contributed by atoms with Crippen LogP contribution in [0.25, 0.3) is 0 Å². The fraction of sp³-hybridized carbons (Fsp3) is 0.889. The number of ether oxygens (including phenoxy) is 3. The van der Waals surface area contributed by atoms with Crippen LogP contribution in [0.2, 0.25) is 0 Å². The van der Waals surface area contributed by atoms with Crippen molar-refractivity contribution < 1.29 is 14.2 Å². The molecule has 0 aliphatic rings. The van der Waals surface area contributed by atoms with Gasteiger partial charge in [0.25, 0.3) is 0 Å². The van der Waals surface area contributed by atoms with Gasteiger partial charge in [0, 0.05) is 19.5 Å². The molecule has 0 aliphatic carbocycles. The second-order valence-corrected chi connectivity index (χ2v) is 5.06. The third-order valence-electron chi connectivity index (χ3n) is 1.40. The maximum absolute atomic E-state index is 5.42. The summed E-state index contributed by atoms with van der Waals surface area (Å²) < 4.78 is 15.9. The molecule has 0 aromatic carbocycles. The highest BCUT2D eigenvalue weighted by Gasteiger charge is 2.10. The Bertz CT molecular complexity index is 148. The number of hydrogen-bond acceptors (Lipinski definition) is 5. The second kappa shape index (κ2) is 8.47. The summed E-state index contributed by atoms with van der Waals surface area (Å²) in [6.45, 7) is 5.20. The molecule has 0 aromatic rings. The SMILES string of the molecule is COCC(C)OC(=S)SC(C)COC. The van der Waals surface area contributed by atoms with Gasteiger partial charge in [-0.3, -0.25) is 0 Å². The van der Waals surface area contributed by atoms with Crippen molar-refractivity contribution >= 4 is 28.4 Å². The molecule has 2 unspecified atom stereocenters. The fourth-order valence-corrected chi connectivity index (χ4v) is 2.30. The van der Waals surface area contributed by atoms with Crippen LogP contribution in [-0.4, -0.2) is 43.2 Å². The lowest BCUT2D eigenvalue weighted by Gasteiger charge is -2.16. The number of thioether (sulfide) groups is 1. The minimum absolute atomic E-state index is 0.00902. The predicted octanol–water partition coefficient (Wildman–Crippen LogP) is 2.09. The van der Waals surface area contributed by atoms with Crippen LogP contribution < -0.4 is 0 Å². The molecule has 0 fully saturated rings. The lowest BCUT2D eigenvalue weighted by molar-refractivity contribution is 0.0899. The average molecular weight is 238 g/mol. The highest BCUT2D eigenvalue weighted by molar-refractivity contribution is 8.23. The summed E-state index contributed by atoms with van der Waals surface area (Å²) >= 11 is 6.57. The first kappa shape index (κ1) is 14.2. The molecular formula is C9H18O3S2. The molecule has 0 saturated heterocycles. The van der Waals surface area contributed by atoms with Crippen molar-refractivity contribution in [2.24, 2.45) is 0 Å². The van der Waals surface area contributed by atoms with E-state index < -0.39 is 0 Å². The van der Waals surface area contributed by atoms with Gasteiger partial charge in [-0.2, -0.15) is 0 Å². The Morgan fingerprint density at radius 3 is 2.29 bits per heavy atom. The molecule has 0 rings (SSSR count). The van der Waals surface area contributed by atoms with Gasteiger partial charge in [0.15, 0.2) is 0 Å². The fourth-order valence-electron chi connectivity index (χ4n) is 0.894. The van der Waals surface area contributed by atoms with E-state index in [-0.39, 0.29) is 6.10 Å². The quantitative estimate of drug-likeness (QED) is 0.661. The lowest BCUT2D eigenvalue weighted by Crippen LogP contribution is -2.19. The van der Waals surface area contributed by atoms with Gasteiger partial charge in [-0.05, 0) is 19.1 Å². The summed E-state index contributed by atoms with van der Waals surface area (Å²) in [7, 11) is 3.32. The highest BCUT2D eigenvalue weighted by Crippen LogP contribution is 2.15. The molecule has 5 heteroatoms. The second-order valence-electron chi connectivity index (χ2n) is 3.02. The van der Waals surface area contributed by atoms with Crippen LogP contribution in [0.3, 0.4) is 0 Å². The molecule has 0 radical (unpaired) electrons. The Labute approximate surface area is 95.5 Å². The van der Waals surface area contributed by atoms with E-state index in [4.69, 9.17) is 26.4 Å². The molecule has 0 spiro atoms. The van der Waals surface area contributed by atoms with Crippen LogP contribution in [0.5, 0.6) is 0 Å². The summed E-state index contributed by atoms with van der Waals surface area (Å²) in [4.78, 5) is 0. The average Bonchev–Trinajstić information content (AvgIpc) is 2.03. The normalized spacial score (nSPS) is 14.9. The predicted molar refractivity (Wildman–Crippen MR) is 64.0 cm³/mol. The van der Waals surface area contributed by atoms with E-state index in [1.807, 2.05) is 13.8 Å². The standard InChI is InChI=1S/C9H18O3S2/c1-7(5-10-3)12-9(13)14-8(2)6-11-4/h7-8H,5-6H2,1-4H3. The van der Waals surface area contributed by atoms with Gasteiger partial charge in [0.05, 0.1) is 13.2 Å². The van der Waals surface area contributed by atoms with Crippen molar-refractivity contribution in [2.45, 2.75) is 25.2 Å². The largest absolute Gasteiger partial charge is 0.473 e. The van der Waals surface area contributed by atoms with Crippen LogP contribution >= 0.6 is 24.0 Å². The third-order valence-corrected chi connectivity index (χ3v) is 2.61. The summed E-state index contributed by atoms with van der Waals surface area (Å²) in [5, 5.41) is 0.322. The zero-order valence-electron chi connectivity index (χ0n) is 9.11. The molecule has 0 aromatic heterocycles. The smallest absolute Gasteiger partial charge is 0.220 e. The van der Waals surface area contributed by atoms with Gasteiger partial charge in [0.2, 0.25) is 4.38 Å². The van der Waals surface area contributed by atoms with Crippen molar-refractivity contribution in [2.75, 3.05) is 27.4 Å². The first-order valence-corrected chi connectivity index (χ1v) is 5.74. The van der Waals surface area contributed by atoms with E-state index in [1.54, 1.807) is 14.2 Å². The Morgan fingerprint density at radius 1 is 1.21 bits per heavy atom. The molecule has 0 saturated carbocycles. The molecular weight excluding hydrogens is 220 g/mol. The number of hydrogen-bond donors (Lipinski definition) is 0. The van der Waals surface area contributed by atoms with E-state index >= 15 is 0 Å². The van der Waals surface area contributed by atoms with Gasteiger partial charge >= 0.3 is 0 Å². The maximum Gasteiger partial charge on any atom is 0.220 e. The lowest BCUT2D eigenvalue weighted by atomic mass is 10.4. The Balaban J connectivity index is 3.63. The van der Waals surface area contributed by atoms with E-state index in [9.17, 15) is 0 Å². The van der Waals surface area contributed by atoms with Crippen molar-refractivity contribution in [3.63, 3.8) is 0 Å². The van der Waals surface area contributed by atoms with Gasteiger partial charge in [-0.15, -0.1) is 0 Å². The zero-order chi connectivity index (χ0) is 11.0. The first-order chi connectivity index (χ1) is 6.60. The van der Waals surface area contributed by atoms with Gasteiger partial charge in [-0.25, -0.2) is 0 Å². The van der Waals surface area contributed by atoms with Crippen molar-refractivity contribution in [1.82, 2.24) is 0 Å². The molecule has 14 heavy (non-hydrogen) atoms. The van der Waals surface area contributed by atoms with Crippen molar-refractivity contribution in [3.05, 3.63) is 0 Å². The zero-order valence-corrected chi connectivity index (χ0v) is 10.7. The van der Waals surface area contributed by atoms with Crippen LogP contribution in [0.1, 0.15) is 13.8 Å². The summed E-state index contributed by atoms with van der Waals surface area (Å²) in [6, 6.07) is 0. The number of thiocarbonyl (C=S) groups is 1. The monoisotopic (exact) mass is 238 g/mol. The highest BCUT2D eigenvalue weighted by atomic mass is 32.2. The summed E-state index contributed by atoms with van der Waals surface area (Å²) in [5.41, 5.74) is 0. The molecule has 0 aliphatic heterocycles.